The zero-order valence-corrected chi connectivity index (χ0v) is 9.67. The number of aromatic nitrogens is 2. The van der Waals surface area contributed by atoms with E-state index in [0.717, 1.165) is 17.5 Å². The summed E-state index contributed by atoms with van der Waals surface area (Å²) < 4.78 is 6.65. The lowest BCUT2D eigenvalue weighted by Crippen LogP contribution is -2.08. The van der Waals surface area contributed by atoms with Crippen LogP contribution in [0.4, 0.5) is 0 Å². The van der Waals surface area contributed by atoms with Crippen molar-refractivity contribution in [2.24, 2.45) is 0 Å². The Morgan fingerprint density at radius 3 is 2.76 bits per heavy atom. The Hall–Kier alpha value is -1.94. The number of hydrogen-bond donors (Lipinski definition) is 0. The molecule has 0 radical (unpaired) electrons. The van der Waals surface area contributed by atoms with Gasteiger partial charge in [0.2, 0.25) is 0 Å². The molecule has 2 rings (SSSR count). The molecule has 0 saturated heterocycles. The maximum absolute atomic E-state index is 10.9. The van der Waals surface area contributed by atoms with Gasteiger partial charge < -0.3 is 4.74 Å². The quantitative estimate of drug-likeness (QED) is 0.738. The number of benzene rings is 1. The second kappa shape index (κ2) is 5.41. The Labute approximate surface area is 99.8 Å². The smallest absolute Gasteiger partial charge is 0.168 e. The molecule has 4 nitrogen and oxygen atoms in total. The summed E-state index contributed by atoms with van der Waals surface area (Å²) in [6, 6.07) is 11.6. The van der Waals surface area contributed by atoms with Gasteiger partial charge in [-0.05, 0) is 6.07 Å². The molecule has 0 spiro atoms. The minimum atomic E-state index is 0.538. The largest absolute Gasteiger partial charge is 0.383 e. The van der Waals surface area contributed by atoms with E-state index in [1.807, 2.05) is 30.3 Å². The highest BCUT2D eigenvalue weighted by Gasteiger charge is 2.08. The highest BCUT2D eigenvalue weighted by Crippen LogP contribution is 2.17. The summed E-state index contributed by atoms with van der Waals surface area (Å²) in [7, 11) is 1.63. The van der Waals surface area contributed by atoms with Gasteiger partial charge in [0.1, 0.15) is 5.69 Å². The third-order valence-corrected chi connectivity index (χ3v) is 2.51. The number of ether oxygens (including phenoxy) is 1. The molecular weight excluding hydrogens is 216 g/mol. The lowest BCUT2D eigenvalue weighted by molar-refractivity contribution is 0.111. The SMILES string of the molecule is COCCn1nc(-c2ccccc2)cc1C=O. The first-order chi connectivity index (χ1) is 8.35. The van der Waals surface area contributed by atoms with E-state index in [2.05, 4.69) is 5.10 Å². The Bertz CT molecular complexity index is 491. The van der Waals surface area contributed by atoms with E-state index >= 15 is 0 Å². The Balaban J connectivity index is 2.31. The standard InChI is InChI=1S/C13H14N2O2/c1-17-8-7-15-12(10-16)9-13(14-15)11-5-3-2-4-6-11/h2-6,9-10H,7-8H2,1H3. The van der Waals surface area contributed by atoms with Crippen LogP contribution in [-0.2, 0) is 11.3 Å². The molecular formula is C13H14N2O2. The lowest BCUT2D eigenvalue weighted by Gasteiger charge is -2.01. The minimum Gasteiger partial charge on any atom is -0.383 e. The van der Waals surface area contributed by atoms with Crippen molar-refractivity contribution in [1.82, 2.24) is 9.78 Å². The molecule has 1 aromatic heterocycles. The number of carbonyl (C=O) groups excluding carboxylic acids is 1. The normalized spacial score (nSPS) is 10.4. The van der Waals surface area contributed by atoms with Crippen molar-refractivity contribution in [1.29, 1.82) is 0 Å². The number of nitrogens with zero attached hydrogens (tertiary/aromatic N) is 2. The molecule has 0 saturated carbocycles. The van der Waals surface area contributed by atoms with Crippen LogP contribution in [-0.4, -0.2) is 29.8 Å². The van der Waals surface area contributed by atoms with Gasteiger partial charge in [0, 0.05) is 12.7 Å². The third kappa shape index (κ3) is 2.60. The molecule has 0 bridgehead atoms. The fraction of sp³-hybridized carbons (Fsp3) is 0.231. The number of methoxy groups -OCH3 is 1. The second-order valence-corrected chi connectivity index (χ2v) is 3.65. The van der Waals surface area contributed by atoms with Crippen molar-refractivity contribution in [2.45, 2.75) is 6.54 Å². The summed E-state index contributed by atoms with van der Waals surface area (Å²) in [5.74, 6) is 0. The van der Waals surface area contributed by atoms with Crippen LogP contribution >= 0.6 is 0 Å². The summed E-state index contributed by atoms with van der Waals surface area (Å²) in [5, 5.41) is 4.39. The summed E-state index contributed by atoms with van der Waals surface area (Å²) in [6.45, 7) is 1.12. The van der Waals surface area contributed by atoms with Crippen molar-refractivity contribution < 1.29 is 9.53 Å². The molecule has 0 aliphatic rings. The first-order valence-electron chi connectivity index (χ1n) is 5.42. The Morgan fingerprint density at radius 1 is 1.35 bits per heavy atom. The van der Waals surface area contributed by atoms with Crippen molar-refractivity contribution in [2.75, 3.05) is 13.7 Å². The molecule has 2 aromatic rings. The van der Waals surface area contributed by atoms with Gasteiger partial charge in [-0.2, -0.15) is 5.10 Å². The van der Waals surface area contributed by atoms with Crippen LogP contribution in [0, 0.1) is 0 Å². The van der Waals surface area contributed by atoms with E-state index in [1.54, 1.807) is 17.9 Å². The van der Waals surface area contributed by atoms with Crippen molar-refractivity contribution in [3.8, 4) is 11.3 Å². The third-order valence-electron chi connectivity index (χ3n) is 2.51. The van der Waals surface area contributed by atoms with Crippen LogP contribution in [0.15, 0.2) is 36.4 Å². The van der Waals surface area contributed by atoms with E-state index in [9.17, 15) is 4.79 Å². The first kappa shape index (κ1) is 11.5. The van der Waals surface area contributed by atoms with Crippen LogP contribution in [0.5, 0.6) is 0 Å². The summed E-state index contributed by atoms with van der Waals surface area (Å²) >= 11 is 0. The topological polar surface area (TPSA) is 44.1 Å². The van der Waals surface area contributed by atoms with Crippen molar-refractivity contribution in [3.63, 3.8) is 0 Å². The molecule has 0 aliphatic carbocycles. The molecule has 88 valence electrons. The number of carbonyl (C=O) groups is 1. The molecule has 0 unspecified atom stereocenters. The Morgan fingerprint density at radius 2 is 2.12 bits per heavy atom. The van der Waals surface area contributed by atoms with Crippen LogP contribution in [0.25, 0.3) is 11.3 Å². The minimum absolute atomic E-state index is 0.538. The van der Waals surface area contributed by atoms with E-state index < -0.39 is 0 Å². The average molecular weight is 230 g/mol. The number of rotatable bonds is 5. The molecule has 17 heavy (non-hydrogen) atoms. The zero-order valence-electron chi connectivity index (χ0n) is 9.67. The average Bonchev–Trinajstić information content (AvgIpc) is 2.80. The summed E-state index contributed by atoms with van der Waals surface area (Å²) in [5.41, 5.74) is 2.39. The van der Waals surface area contributed by atoms with Crippen molar-refractivity contribution >= 4 is 6.29 Å². The zero-order chi connectivity index (χ0) is 12.1. The van der Waals surface area contributed by atoms with Crippen LogP contribution in [0.3, 0.4) is 0 Å². The van der Waals surface area contributed by atoms with Gasteiger partial charge in [0.25, 0.3) is 0 Å². The maximum atomic E-state index is 10.9. The van der Waals surface area contributed by atoms with Gasteiger partial charge in [-0.25, -0.2) is 0 Å². The molecule has 1 aromatic carbocycles. The van der Waals surface area contributed by atoms with Gasteiger partial charge >= 0.3 is 0 Å². The predicted molar refractivity (Wildman–Crippen MR) is 64.9 cm³/mol. The monoisotopic (exact) mass is 230 g/mol. The van der Waals surface area contributed by atoms with Gasteiger partial charge in [0.15, 0.2) is 6.29 Å². The second-order valence-electron chi connectivity index (χ2n) is 3.65. The molecule has 0 atom stereocenters. The van der Waals surface area contributed by atoms with Gasteiger partial charge in [-0.1, -0.05) is 30.3 Å². The lowest BCUT2D eigenvalue weighted by atomic mass is 10.1. The van der Waals surface area contributed by atoms with Gasteiger partial charge in [-0.3, -0.25) is 9.48 Å². The molecule has 4 heteroatoms. The highest BCUT2D eigenvalue weighted by atomic mass is 16.5. The Kier molecular flexibility index (Phi) is 3.67. The van der Waals surface area contributed by atoms with Crippen molar-refractivity contribution in [3.05, 3.63) is 42.1 Å². The predicted octanol–water partition coefficient (Wildman–Crippen LogP) is 2.01. The van der Waals surface area contributed by atoms with E-state index in [1.165, 1.54) is 0 Å². The number of aldehydes is 1. The first-order valence-corrected chi connectivity index (χ1v) is 5.42. The van der Waals surface area contributed by atoms with Crippen LogP contribution < -0.4 is 0 Å². The molecule has 0 N–H and O–H groups in total. The fourth-order valence-electron chi connectivity index (χ4n) is 1.63. The molecule has 0 fully saturated rings. The van der Waals surface area contributed by atoms with E-state index in [-0.39, 0.29) is 0 Å². The van der Waals surface area contributed by atoms with Crippen LogP contribution in [0.1, 0.15) is 10.5 Å². The summed E-state index contributed by atoms with van der Waals surface area (Å²) in [6.07, 6.45) is 0.815. The number of hydrogen-bond acceptors (Lipinski definition) is 3. The molecule has 1 heterocycles. The fourth-order valence-corrected chi connectivity index (χ4v) is 1.63. The summed E-state index contributed by atoms with van der Waals surface area (Å²) in [4.78, 5) is 10.9. The van der Waals surface area contributed by atoms with Gasteiger partial charge in [-0.15, -0.1) is 0 Å². The van der Waals surface area contributed by atoms with E-state index in [0.29, 0.717) is 18.8 Å². The van der Waals surface area contributed by atoms with Gasteiger partial charge in [0.05, 0.1) is 18.8 Å². The van der Waals surface area contributed by atoms with E-state index in [4.69, 9.17) is 4.74 Å². The highest BCUT2D eigenvalue weighted by molar-refractivity contribution is 5.75. The maximum Gasteiger partial charge on any atom is 0.168 e. The molecule has 0 aliphatic heterocycles. The van der Waals surface area contributed by atoms with Crippen LogP contribution in [0.2, 0.25) is 0 Å². The molecule has 0 amide bonds.